The maximum atomic E-state index is 12.8. The summed E-state index contributed by atoms with van der Waals surface area (Å²) in [6, 6.07) is 11.1. The predicted octanol–water partition coefficient (Wildman–Crippen LogP) is 4.75. The molecule has 0 saturated carbocycles. The van der Waals surface area contributed by atoms with Crippen molar-refractivity contribution in [2.75, 3.05) is 24.3 Å². The van der Waals surface area contributed by atoms with Gasteiger partial charge in [-0.1, -0.05) is 35.3 Å². The molecule has 0 radical (unpaired) electrons. The Morgan fingerprint density at radius 1 is 1.23 bits per heavy atom. The lowest BCUT2D eigenvalue weighted by Crippen LogP contribution is -2.35. The molecule has 0 fully saturated rings. The molecular weight excluding hydrogens is 341 g/mol. The summed E-state index contributed by atoms with van der Waals surface area (Å²) in [7, 11) is 1.49. The molecule has 0 atom stereocenters. The average Bonchev–Trinajstić information content (AvgIpc) is 2.53. The Kier molecular flexibility index (Phi) is 4.52. The largest absolute Gasteiger partial charge is 0.494 e. The Morgan fingerprint density at radius 2 is 1.91 bits per heavy atom. The molecule has 22 heavy (non-hydrogen) atoms. The van der Waals surface area contributed by atoms with E-state index < -0.39 is 0 Å². The molecule has 2 aromatic carbocycles. The highest BCUT2D eigenvalue weighted by atomic mass is 35.5. The molecule has 0 spiro atoms. The number of benzene rings is 2. The van der Waals surface area contributed by atoms with Crippen molar-refractivity contribution in [1.82, 2.24) is 0 Å². The van der Waals surface area contributed by atoms with Crippen molar-refractivity contribution in [3.8, 4) is 5.75 Å². The molecule has 114 valence electrons. The molecule has 2 aromatic rings. The Morgan fingerprint density at radius 3 is 2.59 bits per heavy atom. The van der Waals surface area contributed by atoms with Crippen molar-refractivity contribution < 1.29 is 9.53 Å². The Labute approximate surface area is 143 Å². The second kappa shape index (κ2) is 6.41. The maximum absolute atomic E-state index is 12.8. The third kappa shape index (κ3) is 2.78. The van der Waals surface area contributed by atoms with Gasteiger partial charge >= 0.3 is 0 Å². The lowest BCUT2D eigenvalue weighted by Gasteiger charge is -2.29. The van der Waals surface area contributed by atoms with Crippen LogP contribution in [0.4, 0.5) is 5.69 Å². The van der Waals surface area contributed by atoms with E-state index in [1.807, 2.05) is 24.3 Å². The number of para-hydroxylation sites is 1. The molecule has 0 saturated heterocycles. The number of anilines is 1. The van der Waals surface area contributed by atoms with Gasteiger partial charge in [0.05, 0.1) is 22.8 Å². The molecule has 1 amide bonds. The first-order valence-electron chi connectivity index (χ1n) is 6.68. The van der Waals surface area contributed by atoms with Crippen LogP contribution in [0.2, 0.25) is 10.0 Å². The summed E-state index contributed by atoms with van der Waals surface area (Å²) < 4.78 is 5.12. The van der Waals surface area contributed by atoms with E-state index in [0.717, 1.165) is 16.3 Å². The number of methoxy groups -OCH3 is 1. The molecule has 1 aliphatic heterocycles. The lowest BCUT2D eigenvalue weighted by molar-refractivity contribution is 0.0987. The monoisotopic (exact) mass is 353 g/mol. The van der Waals surface area contributed by atoms with Gasteiger partial charge in [-0.2, -0.15) is 0 Å². The summed E-state index contributed by atoms with van der Waals surface area (Å²) in [6.45, 7) is 0.655. The fraction of sp³-hybridized carbons (Fsp3) is 0.188. The number of carbonyl (C=O) groups excluding carboxylic acids is 1. The van der Waals surface area contributed by atoms with E-state index in [4.69, 9.17) is 27.9 Å². The van der Waals surface area contributed by atoms with Gasteiger partial charge in [-0.15, -0.1) is 11.8 Å². The topological polar surface area (TPSA) is 29.5 Å². The molecule has 0 N–H and O–H groups in total. The standard InChI is InChI=1S/C16H13Cl2NO2S/c1-21-15-11(17)8-10(9-12(15)18)16(20)19-6-7-22-14-5-3-2-4-13(14)19/h2-5,8-9H,6-7H2,1H3. The van der Waals surface area contributed by atoms with Gasteiger partial charge in [0.1, 0.15) is 0 Å². The molecule has 0 aromatic heterocycles. The summed E-state index contributed by atoms with van der Waals surface area (Å²) in [5.74, 6) is 1.13. The van der Waals surface area contributed by atoms with Crippen molar-refractivity contribution in [3.05, 3.63) is 52.0 Å². The number of hydrogen-bond acceptors (Lipinski definition) is 3. The number of fused-ring (bicyclic) bond motifs is 1. The van der Waals surface area contributed by atoms with Crippen LogP contribution in [0.15, 0.2) is 41.3 Å². The highest BCUT2D eigenvalue weighted by molar-refractivity contribution is 7.99. The Bertz CT molecular complexity index is 713. The van der Waals surface area contributed by atoms with Crippen LogP contribution < -0.4 is 9.64 Å². The number of thioether (sulfide) groups is 1. The highest BCUT2D eigenvalue weighted by Gasteiger charge is 2.25. The SMILES string of the molecule is COc1c(Cl)cc(C(=O)N2CCSc3ccccc32)cc1Cl. The van der Waals surface area contributed by atoms with Gasteiger partial charge in [-0.25, -0.2) is 0 Å². The van der Waals surface area contributed by atoms with Gasteiger partial charge in [0.25, 0.3) is 5.91 Å². The fourth-order valence-electron chi connectivity index (χ4n) is 2.41. The number of nitrogens with zero attached hydrogens (tertiary/aromatic N) is 1. The zero-order valence-corrected chi connectivity index (χ0v) is 14.1. The van der Waals surface area contributed by atoms with Gasteiger partial charge in [-0.05, 0) is 24.3 Å². The minimum absolute atomic E-state index is 0.112. The van der Waals surface area contributed by atoms with Crippen molar-refractivity contribution in [3.63, 3.8) is 0 Å². The molecule has 0 aliphatic carbocycles. The van der Waals surface area contributed by atoms with Crippen LogP contribution in [0.25, 0.3) is 0 Å². The Balaban J connectivity index is 1.99. The molecule has 1 aliphatic rings. The highest BCUT2D eigenvalue weighted by Crippen LogP contribution is 2.37. The van der Waals surface area contributed by atoms with Gasteiger partial charge in [0.2, 0.25) is 0 Å². The van der Waals surface area contributed by atoms with E-state index in [1.165, 1.54) is 7.11 Å². The van der Waals surface area contributed by atoms with Crippen molar-refractivity contribution in [2.45, 2.75) is 4.90 Å². The summed E-state index contributed by atoms with van der Waals surface area (Å²) >= 11 is 14.0. The van der Waals surface area contributed by atoms with Crippen LogP contribution >= 0.6 is 35.0 Å². The van der Waals surface area contributed by atoms with Gasteiger partial charge in [-0.3, -0.25) is 4.79 Å². The first-order valence-corrected chi connectivity index (χ1v) is 8.42. The minimum atomic E-state index is -0.112. The molecule has 6 heteroatoms. The summed E-state index contributed by atoms with van der Waals surface area (Å²) in [5.41, 5.74) is 1.38. The van der Waals surface area contributed by atoms with Crippen LogP contribution in [-0.2, 0) is 0 Å². The van der Waals surface area contributed by atoms with Crippen LogP contribution in [0.3, 0.4) is 0 Å². The molecular formula is C16H13Cl2NO2S. The number of halogens is 2. The fourth-order valence-corrected chi connectivity index (χ4v) is 4.05. The average molecular weight is 354 g/mol. The lowest BCUT2D eigenvalue weighted by atomic mass is 10.1. The second-order valence-corrected chi connectivity index (χ2v) is 6.70. The van der Waals surface area contributed by atoms with Crippen LogP contribution in [0, 0.1) is 0 Å². The molecule has 0 bridgehead atoms. The predicted molar refractivity (Wildman–Crippen MR) is 91.9 cm³/mol. The van der Waals surface area contributed by atoms with E-state index in [0.29, 0.717) is 27.9 Å². The van der Waals surface area contributed by atoms with Gasteiger partial charge in [0, 0.05) is 22.8 Å². The number of amides is 1. The van der Waals surface area contributed by atoms with Gasteiger partial charge < -0.3 is 9.64 Å². The number of rotatable bonds is 2. The van der Waals surface area contributed by atoms with Crippen molar-refractivity contribution in [2.24, 2.45) is 0 Å². The van der Waals surface area contributed by atoms with Crippen molar-refractivity contribution >= 4 is 46.6 Å². The maximum Gasteiger partial charge on any atom is 0.258 e. The zero-order valence-electron chi connectivity index (χ0n) is 11.8. The summed E-state index contributed by atoms with van der Waals surface area (Å²) in [4.78, 5) is 15.7. The smallest absolute Gasteiger partial charge is 0.258 e. The first kappa shape index (κ1) is 15.5. The number of carbonyl (C=O) groups is 1. The first-order chi connectivity index (χ1) is 10.6. The number of ether oxygens (including phenoxy) is 1. The third-order valence-corrected chi connectivity index (χ3v) is 5.03. The minimum Gasteiger partial charge on any atom is -0.494 e. The van der Waals surface area contributed by atoms with Crippen LogP contribution in [0.1, 0.15) is 10.4 Å². The summed E-state index contributed by atoms with van der Waals surface area (Å²) in [5, 5.41) is 0.663. The van der Waals surface area contributed by atoms with Crippen LogP contribution in [-0.4, -0.2) is 25.3 Å². The molecule has 3 nitrogen and oxygen atoms in total. The van der Waals surface area contributed by atoms with E-state index in [1.54, 1.807) is 28.8 Å². The molecule has 1 heterocycles. The number of hydrogen-bond donors (Lipinski definition) is 0. The quantitative estimate of drug-likeness (QED) is 0.779. The Hall–Kier alpha value is -1.36. The van der Waals surface area contributed by atoms with E-state index >= 15 is 0 Å². The molecule has 0 unspecified atom stereocenters. The molecule has 3 rings (SSSR count). The van der Waals surface area contributed by atoms with Crippen LogP contribution in [0.5, 0.6) is 5.75 Å². The van der Waals surface area contributed by atoms with E-state index in [9.17, 15) is 4.79 Å². The second-order valence-electron chi connectivity index (χ2n) is 4.75. The third-order valence-electron chi connectivity index (χ3n) is 3.42. The summed E-state index contributed by atoms with van der Waals surface area (Å²) in [6.07, 6.45) is 0. The zero-order chi connectivity index (χ0) is 15.7. The van der Waals surface area contributed by atoms with Gasteiger partial charge in [0.15, 0.2) is 5.75 Å². The van der Waals surface area contributed by atoms with E-state index in [-0.39, 0.29) is 5.91 Å². The van der Waals surface area contributed by atoms with Crippen molar-refractivity contribution in [1.29, 1.82) is 0 Å². The normalized spacial score (nSPS) is 13.7. The van der Waals surface area contributed by atoms with E-state index in [2.05, 4.69) is 0 Å².